The Bertz CT molecular complexity index is 389. The van der Waals surface area contributed by atoms with E-state index >= 15 is 0 Å². The minimum Gasteiger partial charge on any atom is -0.402 e. The van der Waals surface area contributed by atoms with Crippen LogP contribution in [0.5, 0.6) is 0 Å². The van der Waals surface area contributed by atoms with Gasteiger partial charge in [-0.1, -0.05) is 12.1 Å². The van der Waals surface area contributed by atoms with Crippen LogP contribution in [0.3, 0.4) is 0 Å². The molecule has 3 N–H and O–H groups in total. The van der Waals surface area contributed by atoms with Crippen LogP contribution in [0, 0.1) is 5.82 Å². The normalized spacial score (nSPS) is 12.7. The predicted octanol–water partition coefficient (Wildman–Crippen LogP) is 1.81. The number of allylic oxidation sites excluding steroid dienone is 1. The molecule has 3 nitrogen and oxygen atoms in total. The van der Waals surface area contributed by atoms with Crippen molar-refractivity contribution in [1.29, 1.82) is 0 Å². The topological polar surface area (TPSA) is 50.4 Å². The third-order valence-corrected chi connectivity index (χ3v) is 1.99. The molecule has 1 rings (SSSR count). The number of halogens is 1. The fraction of sp³-hybridized carbons (Fsp3) is 0.250. The number of nitrogens with one attached hydrogen (secondary N) is 1. The Kier molecular flexibility index (Phi) is 4.51. The standard InChI is InChI=1S/C12H16FN3/c1-9(14)7-12(15-2)16-8-10-3-5-11(13)6-4-10/h3-7H,8,14H2,1-2H3,(H,15,16)/b9-7-. The second kappa shape index (κ2) is 5.90. The van der Waals surface area contributed by atoms with Crippen molar-refractivity contribution >= 4 is 5.84 Å². The van der Waals surface area contributed by atoms with Gasteiger partial charge in [0.2, 0.25) is 0 Å². The van der Waals surface area contributed by atoms with Crippen LogP contribution in [0.4, 0.5) is 4.39 Å². The van der Waals surface area contributed by atoms with Crippen LogP contribution in [0.2, 0.25) is 0 Å². The van der Waals surface area contributed by atoms with Crippen molar-refractivity contribution in [3.63, 3.8) is 0 Å². The highest BCUT2D eigenvalue weighted by Gasteiger charge is 1.96. The Morgan fingerprint density at radius 3 is 2.56 bits per heavy atom. The van der Waals surface area contributed by atoms with Crippen LogP contribution in [0.15, 0.2) is 41.0 Å². The van der Waals surface area contributed by atoms with Gasteiger partial charge in [-0.15, -0.1) is 0 Å². The summed E-state index contributed by atoms with van der Waals surface area (Å²) in [5.41, 5.74) is 7.23. The van der Waals surface area contributed by atoms with Crippen LogP contribution < -0.4 is 11.1 Å². The van der Waals surface area contributed by atoms with Crippen molar-refractivity contribution in [2.75, 3.05) is 7.05 Å². The largest absolute Gasteiger partial charge is 0.402 e. The van der Waals surface area contributed by atoms with Gasteiger partial charge in [-0.05, 0) is 30.7 Å². The minimum atomic E-state index is -0.231. The molecule has 0 spiro atoms. The van der Waals surface area contributed by atoms with Crippen molar-refractivity contribution < 1.29 is 4.39 Å². The molecule has 0 fully saturated rings. The Hall–Kier alpha value is -1.84. The lowest BCUT2D eigenvalue weighted by Crippen LogP contribution is -2.21. The molecule has 0 aromatic heterocycles. The number of aliphatic imine (C=N–C) groups is 1. The van der Waals surface area contributed by atoms with Crippen molar-refractivity contribution in [2.45, 2.75) is 13.5 Å². The van der Waals surface area contributed by atoms with Gasteiger partial charge in [0.15, 0.2) is 0 Å². The van der Waals surface area contributed by atoms with Crippen molar-refractivity contribution in [3.05, 3.63) is 47.4 Å². The molecule has 4 heteroatoms. The second-order valence-corrected chi connectivity index (χ2v) is 3.48. The molecular formula is C12H16FN3. The molecule has 16 heavy (non-hydrogen) atoms. The third kappa shape index (κ3) is 4.13. The molecule has 0 heterocycles. The van der Waals surface area contributed by atoms with E-state index in [1.165, 1.54) is 12.1 Å². The maximum absolute atomic E-state index is 12.7. The average molecular weight is 221 g/mol. The second-order valence-electron chi connectivity index (χ2n) is 3.48. The molecule has 0 unspecified atom stereocenters. The number of rotatable bonds is 3. The SMILES string of the molecule is CN=C(/C=C(/C)N)NCc1ccc(F)cc1. The van der Waals surface area contributed by atoms with Crippen molar-refractivity contribution in [2.24, 2.45) is 10.7 Å². The molecule has 0 radical (unpaired) electrons. The fourth-order valence-electron chi connectivity index (χ4n) is 1.21. The van der Waals surface area contributed by atoms with Crippen molar-refractivity contribution in [1.82, 2.24) is 5.32 Å². The van der Waals surface area contributed by atoms with Gasteiger partial charge in [0.05, 0.1) is 0 Å². The van der Waals surface area contributed by atoms with Crippen molar-refractivity contribution in [3.8, 4) is 0 Å². The monoisotopic (exact) mass is 221 g/mol. The van der Waals surface area contributed by atoms with E-state index in [9.17, 15) is 4.39 Å². The van der Waals surface area contributed by atoms with E-state index in [1.54, 1.807) is 32.2 Å². The van der Waals surface area contributed by atoms with Gasteiger partial charge in [-0.2, -0.15) is 0 Å². The molecule has 0 aliphatic carbocycles. The fourth-order valence-corrected chi connectivity index (χ4v) is 1.21. The highest BCUT2D eigenvalue weighted by molar-refractivity contribution is 5.93. The first-order chi connectivity index (χ1) is 7.61. The van der Waals surface area contributed by atoms with Crippen LogP contribution in [0.25, 0.3) is 0 Å². The zero-order valence-corrected chi connectivity index (χ0v) is 9.50. The van der Waals surface area contributed by atoms with Crippen LogP contribution in [-0.4, -0.2) is 12.9 Å². The molecule has 0 aliphatic rings. The number of benzene rings is 1. The molecule has 0 amide bonds. The van der Waals surface area contributed by atoms with Crippen LogP contribution in [-0.2, 0) is 6.54 Å². The Labute approximate surface area is 94.9 Å². The van der Waals surface area contributed by atoms with Crippen LogP contribution in [0.1, 0.15) is 12.5 Å². The van der Waals surface area contributed by atoms with Gasteiger partial charge in [0.25, 0.3) is 0 Å². The highest BCUT2D eigenvalue weighted by atomic mass is 19.1. The number of amidine groups is 1. The zero-order chi connectivity index (χ0) is 12.0. The van der Waals surface area contributed by atoms with E-state index in [4.69, 9.17) is 5.73 Å². The summed E-state index contributed by atoms with van der Waals surface area (Å²) in [6.45, 7) is 2.39. The number of hydrogen-bond acceptors (Lipinski definition) is 2. The molecule has 0 saturated heterocycles. The number of nitrogens with zero attached hydrogens (tertiary/aromatic N) is 1. The first-order valence-electron chi connectivity index (χ1n) is 5.00. The van der Waals surface area contributed by atoms with Gasteiger partial charge in [0, 0.05) is 19.3 Å². The van der Waals surface area contributed by atoms with E-state index in [1.807, 2.05) is 0 Å². The lowest BCUT2D eigenvalue weighted by atomic mass is 10.2. The predicted molar refractivity (Wildman–Crippen MR) is 64.5 cm³/mol. The Morgan fingerprint density at radius 1 is 1.44 bits per heavy atom. The van der Waals surface area contributed by atoms with E-state index in [2.05, 4.69) is 10.3 Å². The minimum absolute atomic E-state index is 0.231. The molecule has 0 saturated carbocycles. The summed E-state index contributed by atoms with van der Waals surface area (Å²) < 4.78 is 12.7. The Balaban J connectivity index is 2.57. The lowest BCUT2D eigenvalue weighted by Gasteiger charge is -2.06. The summed E-state index contributed by atoms with van der Waals surface area (Å²) in [5.74, 6) is 0.482. The quantitative estimate of drug-likeness (QED) is 0.604. The van der Waals surface area contributed by atoms with Gasteiger partial charge >= 0.3 is 0 Å². The maximum atomic E-state index is 12.7. The average Bonchev–Trinajstić information content (AvgIpc) is 2.26. The molecule has 0 atom stereocenters. The summed E-state index contributed by atoms with van der Waals surface area (Å²) in [7, 11) is 1.69. The van der Waals surface area contributed by atoms with E-state index in [-0.39, 0.29) is 5.82 Å². The lowest BCUT2D eigenvalue weighted by molar-refractivity contribution is 0.626. The molecule has 1 aromatic rings. The summed E-state index contributed by atoms with van der Waals surface area (Å²) in [5, 5.41) is 3.11. The first kappa shape index (κ1) is 12.2. The Morgan fingerprint density at radius 2 is 2.06 bits per heavy atom. The molecular weight excluding hydrogens is 205 g/mol. The van der Waals surface area contributed by atoms with E-state index in [0.29, 0.717) is 18.1 Å². The number of hydrogen-bond donors (Lipinski definition) is 2. The summed E-state index contributed by atoms with van der Waals surface area (Å²) in [6.07, 6.45) is 1.75. The molecule has 1 aromatic carbocycles. The maximum Gasteiger partial charge on any atom is 0.123 e. The highest BCUT2D eigenvalue weighted by Crippen LogP contribution is 2.02. The molecule has 86 valence electrons. The molecule has 0 aliphatic heterocycles. The third-order valence-electron chi connectivity index (χ3n) is 1.99. The van der Waals surface area contributed by atoms with E-state index < -0.39 is 0 Å². The van der Waals surface area contributed by atoms with Crippen LogP contribution >= 0.6 is 0 Å². The summed E-state index contributed by atoms with van der Waals surface area (Å²) >= 11 is 0. The van der Waals surface area contributed by atoms with Gasteiger partial charge in [-0.25, -0.2) is 4.39 Å². The van der Waals surface area contributed by atoms with Gasteiger partial charge in [-0.3, -0.25) is 4.99 Å². The van der Waals surface area contributed by atoms with E-state index in [0.717, 1.165) is 5.56 Å². The zero-order valence-electron chi connectivity index (χ0n) is 9.50. The summed E-state index contributed by atoms with van der Waals surface area (Å²) in [6, 6.07) is 6.33. The number of nitrogens with two attached hydrogens (primary N) is 1. The smallest absolute Gasteiger partial charge is 0.123 e. The first-order valence-corrected chi connectivity index (χ1v) is 5.00. The molecule has 0 bridgehead atoms. The van der Waals surface area contributed by atoms with Gasteiger partial charge in [0.1, 0.15) is 11.7 Å². The summed E-state index contributed by atoms with van der Waals surface area (Å²) in [4.78, 5) is 4.04. The van der Waals surface area contributed by atoms with Gasteiger partial charge < -0.3 is 11.1 Å².